The van der Waals surface area contributed by atoms with Gasteiger partial charge in [-0.15, -0.1) is 0 Å². The van der Waals surface area contributed by atoms with Crippen LogP contribution in [0.5, 0.6) is 0 Å². The lowest BCUT2D eigenvalue weighted by atomic mass is 9.70. The Labute approximate surface area is 310 Å². The van der Waals surface area contributed by atoms with Crippen LogP contribution in [-0.4, -0.2) is 11.9 Å². The van der Waals surface area contributed by atoms with Gasteiger partial charge in [-0.05, 0) is 123 Å². The van der Waals surface area contributed by atoms with Crippen LogP contribution in [0.15, 0.2) is 120 Å². The Kier molecular flexibility index (Phi) is 6.72. The molecule has 0 saturated heterocycles. The highest BCUT2D eigenvalue weighted by molar-refractivity contribution is 5.92. The smallest absolute Gasteiger partial charge is 0.334 e. The predicted molar refractivity (Wildman–Crippen MR) is 206 cm³/mol. The van der Waals surface area contributed by atoms with Crippen LogP contribution >= 0.6 is 0 Å². The number of carbonyl (C=O) groups is 2. The number of esters is 2. The second-order valence-corrected chi connectivity index (χ2v) is 16.9. The van der Waals surface area contributed by atoms with E-state index in [2.05, 4.69) is 79.4 Å². The molecule has 0 radical (unpaired) electrons. The van der Waals surface area contributed by atoms with E-state index in [1.54, 1.807) is 6.92 Å². The maximum atomic E-state index is 14.0. The van der Waals surface area contributed by atoms with E-state index in [4.69, 9.17) is 13.9 Å². The number of benzene rings is 5. The minimum Gasteiger partial charge on any atom is -0.457 e. The molecule has 0 N–H and O–H groups in total. The first kappa shape index (κ1) is 32.2. The highest BCUT2D eigenvalue weighted by Gasteiger charge is 2.59. The Balaban J connectivity index is 1.19. The molecular weight excluding hydrogens is 657 g/mol. The summed E-state index contributed by atoms with van der Waals surface area (Å²) in [6.07, 6.45) is 4.62. The Morgan fingerprint density at radius 3 is 1.94 bits per heavy atom. The van der Waals surface area contributed by atoms with Crippen molar-refractivity contribution in [1.82, 2.24) is 0 Å². The van der Waals surface area contributed by atoms with Crippen molar-refractivity contribution in [3.63, 3.8) is 0 Å². The number of hydrogen-bond donors (Lipinski definition) is 0. The standard InChI is InChI=1S/C48H42O5/c1-27(2)44(49)52-47(39-23-28-14-15-31(39)22-28)37-12-8-6-10-33(37)35-19-16-29(24-40(35)47)30-17-20-36-34-11-7-9-13-38(34)48(41(36)25-30,53-45(50)46(3,4)5)42-26-32-18-21-43(42)51-32/h6-13,16-21,24-26,28,31,39H,1,14-15,22-23H2,2-5H3. The van der Waals surface area contributed by atoms with Crippen LogP contribution in [0.3, 0.4) is 0 Å². The van der Waals surface area contributed by atoms with Gasteiger partial charge >= 0.3 is 11.9 Å². The summed E-state index contributed by atoms with van der Waals surface area (Å²) in [6, 6.07) is 35.7. The summed E-state index contributed by atoms with van der Waals surface area (Å²) in [5.74, 6) is 0.663. The highest BCUT2D eigenvalue weighted by atomic mass is 16.6. The third-order valence-electron chi connectivity index (χ3n) is 12.6. The van der Waals surface area contributed by atoms with E-state index in [0.717, 1.165) is 79.6 Å². The van der Waals surface area contributed by atoms with Gasteiger partial charge in [0.05, 0.1) is 11.0 Å². The van der Waals surface area contributed by atoms with Crippen molar-refractivity contribution in [1.29, 1.82) is 0 Å². The number of ether oxygens (including phenoxy) is 2. The molecule has 0 aliphatic heterocycles. The molecule has 4 aliphatic carbocycles. The van der Waals surface area contributed by atoms with Crippen molar-refractivity contribution in [2.24, 2.45) is 23.2 Å². The maximum absolute atomic E-state index is 14.0. The van der Waals surface area contributed by atoms with Crippen molar-refractivity contribution in [2.45, 2.75) is 64.6 Å². The van der Waals surface area contributed by atoms with Gasteiger partial charge in [0.25, 0.3) is 0 Å². The number of carbonyl (C=O) groups excluding carboxylic acids is 2. The van der Waals surface area contributed by atoms with Gasteiger partial charge in [-0.2, -0.15) is 0 Å². The molecule has 6 aromatic rings. The molecule has 5 heteroatoms. The molecule has 2 fully saturated rings. The lowest BCUT2D eigenvalue weighted by molar-refractivity contribution is -0.163. The third kappa shape index (κ3) is 4.43. The Bertz CT molecular complexity index is 2510. The summed E-state index contributed by atoms with van der Waals surface area (Å²) in [7, 11) is 0. The third-order valence-corrected chi connectivity index (χ3v) is 12.6. The maximum Gasteiger partial charge on any atom is 0.334 e. The van der Waals surface area contributed by atoms with Gasteiger partial charge in [-0.1, -0.05) is 85.8 Å². The van der Waals surface area contributed by atoms with Crippen molar-refractivity contribution >= 4 is 23.1 Å². The van der Waals surface area contributed by atoms with Gasteiger partial charge in [-0.25, -0.2) is 4.79 Å². The largest absolute Gasteiger partial charge is 0.457 e. The monoisotopic (exact) mass is 698 g/mol. The summed E-state index contributed by atoms with van der Waals surface area (Å²) in [4.78, 5) is 27.7. The molecule has 264 valence electrons. The molecule has 10 rings (SSSR count). The van der Waals surface area contributed by atoms with Crippen LogP contribution < -0.4 is 0 Å². The van der Waals surface area contributed by atoms with Crippen LogP contribution in [0.4, 0.5) is 0 Å². The van der Waals surface area contributed by atoms with Gasteiger partial charge in [0.2, 0.25) is 0 Å². The molecule has 5 unspecified atom stereocenters. The van der Waals surface area contributed by atoms with E-state index in [1.807, 2.05) is 51.1 Å². The first-order valence-corrected chi connectivity index (χ1v) is 18.9. The quantitative estimate of drug-likeness (QED) is 0.128. The molecule has 0 spiro atoms. The summed E-state index contributed by atoms with van der Waals surface area (Å²) >= 11 is 0. The van der Waals surface area contributed by atoms with E-state index in [-0.39, 0.29) is 17.9 Å². The Hall–Kier alpha value is -5.42. The fraction of sp³-hybridized carbons (Fsp3) is 0.292. The molecule has 4 bridgehead atoms. The molecule has 0 amide bonds. The van der Waals surface area contributed by atoms with Crippen LogP contribution in [-0.2, 0) is 30.3 Å². The van der Waals surface area contributed by atoms with Crippen LogP contribution in [0.1, 0.15) is 81.2 Å². The molecular formula is C48H42O5. The van der Waals surface area contributed by atoms with Gasteiger partial charge < -0.3 is 13.9 Å². The summed E-state index contributed by atoms with van der Waals surface area (Å²) < 4.78 is 19.8. The molecule has 4 aromatic carbocycles. The molecule has 2 heterocycles. The molecule has 53 heavy (non-hydrogen) atoms. The number of rotatable bonds is 6. The lowest BCUT2D eigenvalue weighted by Gasteiger charge is -2.41. The summed E-state index contributed by atoms with van der Waals surface area (Å²) in [6.45, 7) is 11.4. The predicted octanol–water partition coefficient (Wildman–Crippen LogP) is 11.2. The summed E-state index contributed by atoms with van der Waals surface area (Å²) in [5, 5.41) is 0. The average molecular weight is 699 g/mol. The zero-order chi connectivity index (χ0) is 36.4. The van der Waals surface area contributed by atoms with Gasteiger partial charge in [-0.3, -0.25) is 4.79 Å². The molecule has 2 saturated carbocycles. The molecule has 4 aliphatic rings. The Morgan fingerprint density at radius 2 is 1.34 bits per heavy atom. The molecule has 2 aromatic heterocycles. The second kappa shape index (κ2) is 11.1. The van der Waals surface area contributed by atoms with Crippen LogP contribution in [0, 0.1) is 23.2 Å². The van der Waals surface area contributed by atoms with E-state index >= 15 is 0 Å². The van der Waals surface area contributed by atoms with E-state index < -0.39 is 16.6 Å². The average Bonchev–Trinajstić information content (AvgIpc) is 4.03. The van der Waals surface area contributed by atoms with Crippen molar-refractivity contribution < 1.29 is 23.5 Å². The van der Waals surface area contributed by atoms with E-state index in [1.165, 1.54) is 12.8 Å². The fourth-order valence-electron chi connectivity index (χ4n) is 10.2. The number of furan rings is 2. The second-order valence-electron chi connectivity index (χ2n) is 16.9. The van der Waals surface area contributed by atoms with Gasteiger partial charge in [0.15, 0.2) is 11.2 Å². The number of hydrogen-bond acceptors (Lipinski definition) is 5. The lowest BCUT2D eigenvalue weighted by Crippen LogP contribution is -2.42. The highest BCUT2D eigenvalue weighted by Crippen LogP contribution is 2.63. The minimum atomic E-state index is -1.22. The topological polar surface area (TPSA) is 65.7 Å². The SMILES string of the molecule is C=C(C)C(=O)OC1(C2CC3CCC2C3)c2ccccc2-c2ccc(-c3ccc4c(c3)C(OC(=O)C(C)(C)C)(c3cc5ccc3o5)c3ccccc3-4)cc21. The summed E-state index contributed by atoms with van der Waals surface area (Å²) in [5.41, 5.74) is 9.97. The Morgan fingerprint density at radius 1 is 0.698 bits per heavy atom. The van der Waals surface area contributed by atoms with E-state index in [9.17, 15) is 9.59 Å². The normalized spacial score (nSPS) is 24.9. The zero-order valence-electron chi connectivity index (χ0n) is 30.6. The van der Waals surface area contributed by atoms with Crippen molar-refractivity contribution in [3.8, 4) is 33.4 Å². The molecule has 5 atom stereocenters. The van der Waals surface area contributed by atoms with Crippen LogP contribution in [0.2, 0.25) is 0 Å². The first-order valence-electron chi connectivity index (χ1n) is 18.9. The van der Waals surface area contributed by atoms with Crippen LogP contribution in [0.25, 0.3) is 44.5 Å². The van der Waals surface area contributed by atoms with Crippen molar-refractivity contribution in [2.75, 3.05) is 0 Å². The molecule has 5 nitrogen and oxygen atoms in total. The van der Waals surface area contributed by atoms with Crippen molar-refractivity contribution in [3.05, 3.63) is 143 Å². The van der Waals surface area contributed by atoms with E-state index in [0.29, 0.717) is 23.0 Å². The zero-order valence-corrected chi connectivity index (χ0v) is 30.6. The first-order chi connectivity index (χ1) is 25.5. The minimum absolute atomic E-state index is 0.175. The van der Waals surface area contributed by atoms with Gasteiger partial charge in [0.1, 0.15) is 11.2 Å². The fourth-order valence-corrected chi connectivity index (χ4v) is 10.2. The number of fused-ring (bicyclic) bond motifs is 10. The van der Waals surface area contributed by atoms with Gasteiger partial charge in [0, 0.05) is 33.7 Å².